The summed E-state index contributed by atoms with van der Waals surface area (Å²) >= 11 is 0. The number of carbonyl (C=O) groups excluding carboxylic acids is 2. The molecular weight excluding hydrogens is 244 g/mol. The Morgan fingerprint density at radius 3 is 2.58 bits per heavy atom. The first-order valence-corrected chi connectivity index (χ1v) is 6.80. The van der Waals surface area contributed by atoms with E-state index in [0.29, 0.717) is 19.4 Å². The van der Waals surface area contributed by atoms with Gasteiger partial charge in [0.05, 0.1) is 17.9 Å². The number of carbonyl (C=O) groups is 2. The fourth-order valence-electron chi connectivity index (χ4n) is 2.63. The number of aliphatic hydroxyl groups is 1. The monoisotopic (exact) mass is 268 g/mol. The van der Waals surface area contributed by atoms with E-state index in [0.717, 1.165) is 19.3 Å². The summed E-state index contributed by atoms with van der Waals surface area (Å²) in [4.78, 5) is 25.2. The van der Waals surface area contributed by atoms with Gasteiger partial charge in [-0.2, -0.15) is 0 Å². The molecule has 3 N–H and O–H groups in total. The van der Waals surface area contributed by atoms with E-state index in [1.54, 1.807) is 11.9 Å². The molecule has 0 aromatic rings. The average molecular weight is 268 g/mol. The van der Waals surface area contributed by atoms with Crippen LogP contribution in [0.15, 0.2) is 12.7 Å². The van der Waals surface area contributed by atoms with Crippen LogP contribution in [-0.2, 0) is 9.59 Å². The molecule has 5 heteroatoms. The Morgan fingerprint density at radius 2 is 2.00 bits per heavy atom. The second-order valence-corrected chi connectivity index (χ2v) is 5.28. The van der Waals surface area contributed by atoms with Crippen molar-refractivity contribution < 1.29 is 14.7 Å². The third-order valence-corrected chi connectivity index (χ3v) is 3.75. The van der Waals surface area contributed by atoms with Crippen molar-refractivity contribution in [3.05, 3.63) is 12.7 Å². The van der Waals surface area contributed by atoms with Crippen molar-refractivity contribution >= 4 is 11.8 Å². The summed E-state index contributed by atoms with van der Waals surface area (Å²) in [5.41, 5.74) is 5.30. The first-order valence-electron chi connectivity index (χ1n) is 6.80. The Bertz CT molecular complexity index is 344. The van der Waals surface area contributed by atoms with Gasteiger partial charge in [-0.25, -0.2) is 0 Å². The summed E-state index contributed by atoms with van der Waals surface area (Å²) in [6.07, 6.45) is 4.74. The predicted octanol–water partition coefficient (Wildman–Crippen LogP) is 0.674. The highest BCUT2D eigenvalue weighted by molar-refractivity contribution is 5.87. The summed E-state index contributed by atoms with van der Waals surface area (Å²) < 4.78 is 0. The molecule has 19 heavy (non-hydrogen) atoms. The Balaban J connectivity index is 2.50. The standard InChI is InChI=1S/C14H24N2O3/c1-3-4-5-6-7-16(2)14(19)12-9-10(17)8-11(12)13(15)18/h3,10-12,17H,1,4-9H2,2H3,(H2,15,18)/t10-,11+,12+/m0/s1. The zero-order valence-corrected chi connectivity index (χ0v) is 11.5. The number of unbranched alkanes of at least 4 members (excludes halogenated alkanes) is 2. The molecule has 1 aliphatic rings. The van der Waals surface area contributed by atoms with E-state index in [9.17, 15) is 14.7 Å². The minimum absolute atomic E-state index is 0.0843. The highest BCUT2D eigenvalue weighted by atomic mass is 16.3. The zero-order chi connectivity index (χ0) is 14.4. The van der Waals surface area contributed by atoms with Crippen LogP contribution < -0.4 is 5.73 Å². The van der Waals surface area contributed by atoms with Gasteiger partial charge in [-0.3, -0.25) is 9.59 Å². The van der Waals surface area contributed by atoms with Gasteiger partial charge in [0.1, 0.15) is 0 Å². The van der Waals surface area contributed by atoms with Crippen molar-refractivity contribution in [3.8, 4) is 0 Å². The number of allylic oxidation sites excluding steroid dienone is 1. The molecule has 2 amide bonds. The van der Waals surface area contributed by atoms with E-state index in [4.69, 9.17) is 5.73 Å². The Kier molecular flexibility index (Phi) is 6.02. The largest absolute Gasteiger partial charge is 0.393 e. The van der Waals surface area contributed by atoms with Crippen LogP contribution in [0.2, 0.25) is 0 Å². The summed E-state index contributed by atoms with van der Waals surface area (Å²) in [6.45, 7) is 4.31. The predicted molar refractivity (Wildman–Crippen MR) is 73.1 cm³/mol. The van der Waals surface area contributed by atoms with Crippen molar-refractivity contribution in [2.24, 2.45) is 17.6 Å². The Labute approximate surface area is 114 Å². The smallest absolute Gasteiger partial charge is 0.226 e. The van der Waals surface area contributed by atoms with Crippen molar-refractivity contribution in [2.75, 3.05) is 13.6 Å². The van der Waals surface area contributed by atoms with Crippen LogP contribution in [0.4, 0.5) is 0 Å². The number of rotatable bonds is 7. The van der Waals surface area contributed by atoms with Crippen LogP contribution in [0, 0.1) is 11.8 Å². The third kappa shape index (κ3) is 4.35. The maximum absolute atomic E-state index is 12.3. The quantitative estimate of drug-likeness (QED) is 0.526. The molecule has 5 nitrogen and oxygen atoms in total. The highest BCUT2D eigenvalue weighted by Gasteiger charge is 2.42. The van der Waals surface area contributed by atoms with Gasteiger partial charge in [-0.1, -0.05) is 6.08 Å². The molecule has 0 aromatic carbocycles. The van der Waals surface area contributed by atoms with Crippen LogP contribution in [-0.4, -0.2) is 41.5 Å². The number of nitrogens with two attached hydrogens (primary N) is 1. The molecule has 0 saturated heterocycles. The highest BCUT2D eigenvalue weighted by Crippen LogP contribution is 2.33. The van der Waals surface area contributed by atoms with Crippen molar-refractivity contribution in [2.45, 2.75) is 38.2 Å². The maximum Gasteiger partial charge on any atom is 0.226 e. The summed E-state index contributed by atoms with van der Waals surface area (Å²) in [7, 11) is 1.74. The first-order chi connectivity index (χ1) is 8.97. The van der Waals surface area contributed by atoms with Crippen LogP contribution >= 0.6 is 0 Å². The van der Waals surface area contributed by atoms with Crippen LogP contribution in [0.5, 0.6) is 0 Å². The van der Waals surface area contributed by atoms with Crippen molar-refractivity contribution in [1.82, 2.24) is 4.90 Å². The Hall–Kier alpha value is -1.36. The normalized spacial score (nSPS) is 26.1. The second kappa shape index (κ2) is 7.28. The number of amides is 2. The lowest BCUT2D eigenvalue weighted by Gasteiger charge is -2.23. The van der Waals surface area contributed by atoms with E-state index in [1.165, 1.54) is 0 Å². The molecule has 3 atom stereocenters. The molecule has 0 aromatic heterocycles. The van der Waals surface area contributed by atoms with Gasteiger partial charge in [0.25, 0.3) is 0 Å². The molecule has 1 aliphatic carbocycles. The molecule has 108 valence electrons. The SMILES string of the molecule is C=CCCCCN(C)C(=O)[C@@H]1C[C@@H](O)C[C@H]1C(N)=O. The molecule has 1 rings (SSSR count). The topological polar surface area (TPSA) is 83.6 Å². The maximum atomic E-state index is 12.3. The van der Waals surface area contributed by atoms with Crippen LogP contribution in [0.25, 0.3) is 0 Å². The van der Waals surface area contributed by atoms with Gasteiger partial charge in [0.15, 0.2) is 0 Å². The summed E-state index contributed by atoms with van der Waals surface area (Å²) in [5.74, 6) is -1.57. The van der Waals surface area contributed by atoms with Gasteiger partial charge in [0, 0.05) is 13.6 Å². The van der Waals surface area contributed by atoms with Gasteiger partial charge in [-0.05, 0) is 32.1 Å². The van der Waals surface area contributed by atoms with Crippen molar-refractivity contribution in [1.29, 1.82) is 0 Å². The summed E-state index contributed by atoms with van der Waals surface area (Å²) in [6, 6.07) is 0. The fraction of sp³-hybridized carbons (Fsp3) is 0.714. The van der Waals surface area contributed by atoms with E-state index >= 15 is 0 Å². The minimum atomic E-state index is -0.597. The van der Waals surface area contributed by atoms with Crippen LogP contribution in [0.3, 0.4) is 0 Å². The fourth-order valence-corrected chi connectivity index (χ4v) is 2.63. The molecule has 0 bridgehead atoms. The molecule has 1 fully saturated rings. The number of hydrogen-bond donors (Lipinski definition) is 2. The molecule has 0 aliphatic heterocycles. The third-order valence-electron chi connectivity index (χ3n) is 3.75. The van der Waals surface area contributed by atoms with E-state index < -0.39 is 23.8 Å². The lowest BCUT2D eigenvalue weighted by atomic mass is 9.94. The Morgan fingerprint density at radius 1 is 1.37 bits per heavy atom. The lowest BCUT2D eigenvalue weighted by Crippen LogP contribution is -2.39. The van der Waals surface area contributed by atoms with E-state index in [-0.39, 0.29) is 5.91 Å². The number of aliphatic hydroxyl groups excluding tert-OH is 1. The van der Waals surface area contributed by atoms with Crippen molar-refractivity contribution in [3.63, 3.8) is 0 Å². The average Bonchev–Trinajstić information content (AvgIpc) is 2.75. The van der Waals surface area contributed by atoms with Gasteiger partial charge >= 0.3 is 0 Å². The lowest BCUT2D eigenvalue weighted by molar-refractivity contribution is -0.139. The molecule has 0 radical (unpaired) electrons. The second-order valence-electron chi connectivity index (χ2n) is 5.28. The van der Waals surface area contributed by atoms with Gasteiger partial charge < -0.3 is 15.7 Å². The number of nitrogens with zero attached hydrogens (tertiary/aromatic N) is 1. The molecule has 0 heterocycles. The molecule has 0 spiro atoms. The zero-order valence-electron chi connectivity index (χ0n) is 11.5. The number of hydrogen-bond acceptors (Lipinski definition) is 3. The first kappa shape index (κ1) is 15.7. The minimum Gasteiger partial charge on any atom is -0.393 e. The van der Waals surface area contributed by atoms with Crippen LogP contribution in [0.1, 0.15) is 32.1 Å². The molecule has 1 saturated carbocycles. The van der Waals surface area contributed by atoms with Gasteiger partial charge in [0.2, 0.25) is 11.8 Å². The van der Waals surface area contributed by atoms with E-state index in [2.05, 4.69) is 6.58 Å². The van der Waals surface area contributed by atoms with E-state index in [1.807, 2.05) is 6.08 Å². The molecular formula is C14H24N2O3. The summed E-state index contributed by atoms with van der Waals surface area (Å²) in [5, 5.41) is 9.61. The van der Waals surface area contributed by atoms with Gasteiger partial charge in [-0.15, -0.1) is 6.58 Å². The molecule has 0 unspecified atom stereocenters. The number of primary amides is 1.